The maximum absolute atomic E-state index is 12.8. The predicted octanol–water partition coefficient (Wildman–Crippen LogP) is 13.2. The molecule has 0 unspecified atom stereocenters. The van der Waals surface area contributed by atoms with Crippen molar-refractivity contribution < 1.29 is 52.3 Å². The monoisotopic (exact) mass is 1360 g/mol. The first-order valence-corrected chi connectivity index (χ1v) is 40.7. The SMILES string of the molecule is CCS(=O)(CC)=Nc1ccc(-c2ccc(-c3nc4c(cc3Cl)nc(O[C@@H]3CO[C@H]5[C@@H]3OC[C@H]5O)n4COCC[Si](C)(C)C)cc2)cc1.C[Si](C)(C)CCOCn1c(O[C@@H]2CO[C@H]3[C@@H]2OC[C@H]3O)nc2cc(Cl)c(-c3ccc(-c4ccc(Br)cc4)cc3)nc21. The van der Waals surface area contributed by atoms with E-state index in [1.807, 2.05) is 102 Å². The molecule has 0 spiro atoms. The summed E-state index contributed by atoms with van der Waals surface area (Å²) in [5.41, 5.74) is 10.4. The average molecular weight is 1360 g/mol. The summed E-state index contributed by atoms with van der Waals surface area (Å²) in [6.45, 7) is 20.5. The van der Waals surface area contributed by atoms with Crippen LogP contribution in [0.15, 0.2) is 118 Å². The van der Waals surface area contributed by atoms with Gasteiger partial charge in [0.05, 0.1) is 63.3 Å². The van der Waals surface area contributed by atoms with Crippen molar-refractivity contribution in [3.8, 4) is 56.8 Å². The Hall–Kier alpha value is -5.16. The second kappa shape index (κ2) is 27.4. The van der Waals surface area contributed by atoms with E-state index in [1.165, 1.54) is 0 Å². The molecule has 88 heavy (non-hydrogen) atoms. The zero-order chi connectivity index (χ0) is 62.1. The van der Waals surface area contributed by atoms with Gasteiger partial charge in [-0.3, -0.25) is 9.13 Å². The molecule has 4 saturated heterocycles. The quantitative estimate of drug-likeness (QED) is 0.0507. The summed E-state index contributed by atoms with van der Waals surface area (Å²) in [4.78, 5) is 19.4. The van der Waals surface area contributed by atoms with Gasteiger partial charge < -0.3 is 48.1 Å². The average Bonchev–Trinajstić information content (AvgIpc) is 3.05. The van der Waals surface area contributed by atoms with E-state index < -0.39 is 62.5 Å². The maximum Gasteiger partial charge on any atom is 0.301 e. The van der Waals surface area contributed by atoms with Crippen molar-refractivity contribution in [1.82, 2.24) is 29.1 Å². The van der Waals surface area contributed by atoms with Crippen LogP contribution in [0.1, 0.15) is 13.8 Å². The molecule has 0 radical (unpaired) electrons. The number of hydrogen-bond donors (Lipinski definition) is 2. The molecular weight excluding hydrogens is 1280 g/mol. The predicted molar refractivity (Wildman–Crippen MR) is 354 cm³/mol. The highest BCUT2D eigenvalue weighted by Crippen LogP contribution is 2.38. The van der Waals surface area contributed by atoms with E-state index in [4.69, 9.17) is 81.0 Å². The van der Waals surface area contributed by atoms with Crippen molar-refractivity contribution >= 4 is 93.0 Å². The van der Waals surface area contributed by atoms with Gasteiger partial charge in [0.15, 0.2) is 23.5 Å². The molecule has 8 atom stereocenters. The van der Waals surface area contributed by atoms with Gasteiger partial charge in [0.2, 0.25) is 0 Å². The molecule has 2 N–H and O–H groups in total. The molecule has 4 aliphatic rings. The van der Waals surface area contributed by atoms with E-state index in [2.05, 4.69) is 83.8 Å². The fraction of sp³-hybridized carbons (Fsp3) is 0.438. The third-order valence-corrected chi connectivity index (χ3v) is 22.9. The Morgan fingerprint density at radius 2 is 0.920 bits per heavy atom. The molecule has 18 nitrogen and oxygen atoms in total. The molecular formula is C64H76BrCl2N7O11SSi2. The Bertz CT molecular complexity index is 3850. The lowest BCUT2D eigenvalue weighted by Gasteiger charge is -2.19. The van der Waals surface area contributed by atoms with Crippen LogP contribution < -0.4 is 9.47 Å². The lowest BCUT2D eigenvalue weighted by atomic mass is 10.0. The highest BCUT2D eigenvalue weighted by atomic mass is 79.9. The van der Waals surface area contributed by atoms with E-state index in [0.717, 1.165) is 55.6 Å². The Kier molecular flexibility index (Phi) is 20.0. The standard InChI is InChI=1S/C34H43ClN4O6SSi.C30H33BrClN3O5Si/c1-6-46(41,7-2)38-25-14-12-23(13-15-25)22-8-10-24(11-9-22)30-26(35)18-27-33(37-30)39(21-42-16-17-47(3,4)5)34(36-27)45-29-20-44-31-28(40)19-43-32(29)31;1-41(2,3)13-12-37-17-35-29-23(33-30(35)40-25-16-39-27-24(36)15-38-28(25)27)14-22(32)26(34-29)20-6-4-18(5-7-20)19-8-10-21(31)11-9-19/h8-15,18,28-29,31-32,40H,6-7,16-17,19-21H2,1-5H3;4-11,14,24-25,27-28,36H,12-13,15-17H2,1-3H3/t28-,29-,31-,32-;24-,25-,27-,28-/m11/s1. The molecule has 0 aliphatic carbocycles. The second-order valence-electron chi connectivity index (χ2n) is 25.0. The molecule has 0 saturated carbocycles. The molecule has 24 heteroatoms. The molecule has 4 aromatic heterocycles. The van der Waals surface area contributed by atoms with Crippen molar-refractivity contribution in [1.29, 1.82) is 0 Å². The molecule has 4 aromatic carbocycles. The van der Waals surface area contributed by atoms with E-state index >= 15 is 0 Å². The minimum Gasteiger partial charge on any atom is -0.456 e. The summed E-state index contributed by atoms with van der Waals surface area (Å²) >= 11 is 17.1. The van der Waals surface area contributed by atoms with Crippen LogP contribution in [-0.4, -0.2) is 160 Å². The minimum atomic E-state index is -2.21. The van der Waals surface area contributed by atoms with Crippen molar-refractivity contribution in [3.05, 3.63) is 124 Å². The summed E-state index contributed by atoms with van der Waals surface area (Å²) in [6.07, 6.45) is -3.72. The number of aliphatic hydroxyl groups is 2. The summed E-state index contributed by atoms with van der Waals surface area (Å²) in [5.74, 6) is 1.07. The molecule has 0 bridgehead atoms. The number of rotatable bonds is 21. The Morgan fingerprint density at radius 1 is 0.557 bits per heavy atom. The van der Waals surface area contributed by atoms with Crippen molar-refractivity contribution in [2.75, 3.05) is 51.1 Å². The van der Waals surface area contributed by atoms with E-state index in [9.17, 15) is 14.4 Å². The van der Waals surface area contributed by atoms with Gasteiger partial charge in [0.1, 0.15) is 61.1 Å². The van der Waals surface area contributed by atoms with Crippen LogP contribution in [0.2, 0.25) is 61.4 Å². The lowest BCUT2D eigenvalue weighted by Crippen LogP contribution is -2.35. The molecule has 12 rings (SSSR count). The first kappa shape index (κ1) is 64.4. The van der Waals surface area contributed by atoms with Crippen molar-refractivity contribution in [3.63, 3.8) is 0 Å². The normalized spacial score (nSPS) is 21.8. The second-order valence-corrected chi connectivity index (χ2v) is 40.8. The number of imidazole rings is 2. The first-order valence-electron chi connectivity index (χ1n) is 29.9. The number of nitrogens with zero attached hydrogens (tertiary/aromatic N) is 7. The zero-order valence-corrected chi connectivity index (χ0v) is 56.7. The number of benzene rings is 4. The number of aliphatic hydroxyl groups excluding tert-OH is 2. The third-order valence-electron chi connectivity index (χ3n) is 16.1. The van der Waals surface area contributed by atoms with Crippen molar-refractivity contribution in [2.45, 2.75) is 128 Å². The van der Waals surface area contributed by atoms with Gasteiger partial charge in [-0.25, -0.2) is 14.2 Å². The fourth-order valence-corrected chi connectivity index (χ4v) is 14.2. The smallest absolute Gasteiger partial charge is 0.301 e. The largest absolute Gasteiger partial charge is 0.456 e. The summed E-state index contributed by atoms with van der Waals surface area (Å²) < 4.78 is 70.0. The molecule has 8 heterocycles. The van der Waals surface area contributed by atoms with E-state index in [-0.39, 0.29) is 45.5 Å². The first-order chi connectivity index (χ1) is 42.1. The summed E-state index contributed by atoms with van der Waals surface area (Å²) in [5, 5.41) is 21.3. The molecule has 0 amide bonds. The Labute approximate surface area is 534 Å². The lowest BCUT2D eigenvalue weighted by molar-refractivity contribution is 0.00332. The van der Waals surface area contributed by atoms with Gasteiger partial charge in [-0.1, -0.05) is 165 Å². The molecule has 468 valence electrons. The van der Waals surface area contributed by atoms with Crippen LogP contribution in [0.25, 0.3) is 67.1 Å². The summed E-state index contributed by atoms with van der Waals surface area (Å²) in [6, 6.07) is 38.6. The van der Waals surface area contributed by atoms with E-state index in [0.29, 0.717) is 87.1 Å². The number of fused-ring (bicyclic) bond motifs is 4. The van der Waals surface area contributed by atoms with Crippen LogP contribution in [0.5, 0.6) is 12.0 Å². The van der Waals surface area contributed by atoms with Crippen molar-refractivity contribution in [2.24, 2.45) is 4.36 Å². The van der Waals surface area contributed by atoms with Gasteiger partial charge in [0, 0.05) is 56.5 Å². The van der Waals surface area contributed by atoms with Crippen LogP contribution in [-0.2, 0) is 51.6 Å². The Morgan fingerprint density at radius 3 is 1.31 bits per heavy atom. The molecule has 4 fully saturated rings. The van der Waals surface area contributed by atoms with Crippen LogP contribution in [0.3, 0.4) is 0 Å². The maximum atomic E-state index is 12.8. The van der Waals surface area contributed by atoms with Gasteiger partial charge in [0.25, 0.3) is 0 Å². The topological polar surface area (TPSA) is 205 Å². The van der Waals surface area contributed by atoms with E-state index in [1.54, 1.807) is 6.07 Å². The minimum absolute atomic E-state index is 0.211. The zero-order valence-electron chi connectivity index (χ0n) is 50.7. The number of ether oxygens (including phenoxy) is 8. The molecule has 4 aliphatic heterocycles. The summed E-state index contributed by atoms with van der Waals surface area (Å²) in [7, 11) is -4.77. The van der Waals surface area contributed by atoms with Crippen LogP contribution >= 0.6 is 39.1 Å². The third kappa shape index (κ3) is 14.9. The fourth-order valence-electron chi connectivity index (χ4n) is 10.8. The number of hydrogen-bond acceptors (Lipinski definition) is 16. The van der Waals surface area contributed by atoms with Gasteiger partial charge >= 0.3 is 12.0 Å². The van der Waals surface area contributed by atoms with Crippen LogP contribution in [0, 0.1) is 0 Å². The highest BCUT2D eigenvalue weighted by Gasteiger charge is 2.50. The van der Waals surface area contributed by atoms with Gasteiger partial charge in [-0.2, -0.15) is 14.3 Å². The number of aromatic nitrogens is 6. The highest BCUT2D eigenvalue weighted by molar-refractivity contribution is 9.10. The molecule has 8 aromatic rings. The Balaban J connectivity index is 0.000000184. The van der Waals surface area contributed by atoms with Crippen LogP contribution in [0.4, 0.5) is 5.69 Å². The number of pyridine rings is 2. The van der Waals surface area contributed by atoms with Gasteiger partial charge in [-0.05, 0) is 70.7 Å². The number of halogens is 3. The van der Waals surface area contributed by atoms with Gasteiger partial charge in [-0.15, -0.1) is 0 Å².